The van der Waals surface area contributed by atoms with Crippen molar-refractivity contribution in [1.82, 2.24) is 0 Å². The van der Waals surface area contributed by atoms with Crippen molar-refractivity contribution < 1.29 is 14.6 Å². The molecule has 0 aliphatic rings. The molecule has 0 aromatic carbocycles. The number of aliphatic hydroxyl groups excluding tert-OH is 1. The first kappa shape index (κ1) is 16.6. The van der Waals surface area contributed by atoms with Crippen molar-refractivity contribution >= 4 is 5.97 Å². The molecule has 0 aromatic rings. The lowest BCUT2D eigenvalue weighted by atomic mass is 10.1. The van der Waals surface area contributed by atoms with Gasteiger partial charge in [0.2, 0.25) is 0 Å². The maximum Gasteiger partial charge on any atom is 0.305 e. The van der Waals surface area contributed by atoms with Crippen molar-refractivity contribution in [3.8, 4) is 0 Å². The number of methoxy groups -OCH3 is 1. The van der Waals surface area contributed by atoms with Gasteiger partial charge in [0, 0.05) is 6.42 Å². The number of allylic oxidation sites excluding steroid dienone is 5. The van der Waals surface area contributed by atoms with E-state index in [0.717, 1.165) is 12.8 Å². The lowest BCUT2D eigenvalue weighted by molar-refractivity contribution is -0.140. The van der Waals surface area contributed by atoms with Gasteiger partial charge < -0.3 is 9.84 Å². The predicted molar refractivity (Wildman–Crippen MR) is 74.2 cm³/mol. The molecule has 0 rings (SSSR count). The quantitative estimate of drug-likeness (QED) is 0.389. The van der Waals surface area contributed by atoms with Crippen LogP contribution in [0.25, 0.3) is 0 Å². The van der Waals surface area contributed by atoms with Crippen LogP contribution in [0.15, 0.2) is 36.5 Å². The Labute approximate surface area is 110 Å². The Bertz CT molecular complexity index is 290. The summed E-state index contributed by atoms with van der Waals surface area (Å²) >= 11 is 0. The molecule has 0 heterocycles. The number of aliphatic hydroxyl groups is 1. The van der Waals surface area contributed by atoms with Crippen LogP contribution in [0.5, 0.6) is 0 Å². The fraction of sp³-hybridized carbons (Fsp3) is 0.533. The number of ether oxygens (including phenoxy) is 1. The van der Waals surface area contributed by atoms with Gasteiger partial charge in [-0.05, 0) is 25.7 Å². The molecule has 1 unspecified atom stereocenters. The van der Waals surface area contributed by atoms with Crippen LogP contribution in [0.1, 0.15) is 39.0 Å². The summed E-state index contributed by atoms with van der Waals surface area (Å²) in [6, 6.07) is 0. The van der Waals surface area contributed by atoms with Crippen molar-refractivity contribution in [3.05, 3.63) is 36.5 Å². The van der Waals surface area contributed by atoms with Crippen molar-refractivity contribution in [3.63, 3.8) is 0 Å². The Hall–Kier alpha value is -1.35. The minimum absolute atomic E-state index is 0.228. The van der Waals surface area contributed by atoms with E-state index in [4.69, 9.17) is 0 Å². The standard InChI is InChI=1S/C15H24O3/c1-3-4-5-6-7-8-9-11-14(16)12-10-13-15(17)18-2/h4-5,7-9,11,14,16H,3,6,10,12-13H2,1-2H3. The molecular formula is C15H24O3. The van der Waals surface area contributed by atoms with E-state index < -0.39 is 6.10 Å². The molecule has 1 N–H and O–H groups in total. The van der Waals surface area contributed by atoms with Gasteiger partial charge in [0.1, 0.15) is 0 Å². The monoisotopic (exact) mass is 252 g/mol. The summed E-state index contributed by atoms with van der Waals surface area (Å²) in [5.41, 5.74) is 0. The molecule has 0 aliphatic carbocycles. The second-order valence-electron chi connectivity index (χ2n) is 3.96. The van der Waals surface area contributed by atoms with E-state index in [2.05, 4.69) is 23.8 Å². The summed E-state index contributed by atoms with van der Waals surface area (Å²) < 4.78 is 4.52. The SMILES string of the molecule is CCC=CCC=CC=CC(O)CCCC(=O)OC. The third-order valence-corrected chi connectivity index (χ3v) is 2.36. The van der Waals surface area contributed by atoms with E-state index in [9.17, 15) is 9.90 Å². The maximum atomic E-state index is 10.8. The fourth-order valence-corrected chi connectivity index (χ4v) is 1.34. The second-order valence-corrected chi connectivity index (χ2v) is 3.96. The highest BCUT2D eigenvalue weighted by Crippen LogP contribution is 2.03. The van der Waals surface area contributed by atoms with Crippen LogP contribution in [0.2, 0.25) is 0 Å². The van der Waals surface area contributed by atoms with Gasteiger partial charge in [-0.15, -0.1) is 0 Å². The first-order valence-electron chi connectivity index (χ1n) is 6.44. The topological polar surface area (TPSA) is 46.5 Å². The van der Waals surface area contributed by atoms with E-state index in [1.807, 2.05) is 18.2 Å². The van der Waals surface area contributed by atoms with Crippen LogP contribution in [-0.4, -0.2) is 24.3 Å². The van der Waals surface area contributed by atoms with Gasteiger partial charge in [-0.3, -0.25) is 4.79 Å². The van der Waals surface area contributed by atoms with Crippen molar-refractivity contribution in [2.45, 2.75) is 45.1 Å². The molecule has 102 valence electrons. The number of carbonyl (C=O) groups excluding carboxylic acids is 1. The molecule has 3 heteroatoms. The fourth-order valence-electron chi connectivity index (χ4n) is 1.34. The first-order chi connectivity index (χ1) is 8.70. The molecule has 0 bridgehead atoms. The highest BCUT2D eigenvalue weighted by atomic mass is 16.5. The Morgan fingerprint density at radius 2 is 2.06 bits per heavy atom. The largest absolute Gasteiger partial charge is 0.469 e. The zero-order valence-corrected chi connectivity index (χ0v) is 11.3. The maximum absolute atomic E-state index is 10.8. The summed E-state index contributed by atoms with van der Waals surface area (Å²) in [4.78, 5) is 10.8. The molecule has 0 aromatic heterocycles. The lowest BCUT2D eigenvalue weighted by Crippen LogP contribution is -2.05. The summed E-state index contributed by atoms with van der Waals surface area (Å²) in [6.45, 7) is 2.10. The van der Waals surface area contributed by atoms with Crippen LogP contribution in [0, 0.1) is 0 Å². The normalized spacial score (nSPS) is 13.7. The van der Waals surface area contributed by atoms with Crippen LogP contribution in [0.3, 0.4) is 0 Å². The third kappa shape index (κ3) is 11.1. The minimum atomic E-state index is -0.495. The molecule has 0 fully saturated rings. The van der Waals surface area contributed by atoms with Gasteiger partial charge in [-0.1, -0.05) is 43.4 Å². The minimum Gasteiger partial charge on any atom is -0.469 e. The first-order valence-corrected chi connectivity index (χ1v) is 6.44. The van der Waals surface area contributed by atoms with Crippen LogP contribution < -0.4 is 0 Å². The summed E-state index contributed by atoms with van der Waals surface area (Å²) in [5, 5.41) is 9.59. The van der Waals surface area contributed by atoms with Crippen LogP contribution in [0.4, 0.5) is 0 Å². The van der Waals surface area contributed by atoms with Crippen molar-refractivity contribution in [2.75, 3.05) is 7.11 Å². The molecule has 1 atom stereocenters. The molecule has 18 heavy (non-hydrogen) atoms. The molecular weight excluding hydrogens is 228 g/mol. The van der Waals surface area contributed by atoms with Gasteiger partial charge in [-0.2, -0.15) is 0 Å². The molecule has 0 saturated carbocycles. The number of hydrogen-bond donors (Lipinski definition) is 1. The number of carbonyl (C=O) groups is 1. The Morgan fingerprint density at radius 3 is 2.72 bits per heavy atom. The van der Waals surface area contributed by atoms with Gasteiger partial charge in [0.15, 0.2) is 0 Å². The Balaban J connectivity index is 3.64. The van der Waals surface area contributed by atoms with Gasteiger partial charge in [-0.25, -0.2) is 0 Å². The van der Waals surface area contributed by atoms with Crippen LogP contribution in [-0.2, 0) is 9.53 Å². The Morgan fingerprint density at radius 1 is 1.28 bits per heavy atom. The van der Waals surface area contributed by atoms with E-state index in [1.54, 1.807) is 6.08 Å². The van der Waals surface area contributed by atoms with E-state index >= 15 is 0 Å². The summed E-state index contributed by atoms with van der Waals surface area (Å²) in [5.74, 6) is -0.228. The van der Waals surface area contributed by atoms with Gasteiger partial charge in [0.25, 0.3) is 0 Å². The van der Waals surface area contributed by atoms with Gasteiger partial charge >= 0.3 is 5.97 Å². The summed E-state index contributed by atoms with van der Waals surface area (Å²) in [6.07, 6.45) is 14.8. The average Bonchev–Trinajstić information content (AvgIpc) is 2.37. The highest BCUT2D eigenvalue weighted by Gasteiger charge is 2.02. The van der Waals surface area contributed by atoms with E-state index in [0.29, 0.717) is 19.3 Å². The smallest absolute Gasteiger partial charge is 0.305 e. The average molecular weight is 252 g/mol. The lowest BCUT2D eigenvalue weighted by Gasteiger charge is -2.03. The van der Waals surface area contributed by atoms with E-state index in [-0.39, 0.29) is 5.97 Å². The predicted octanol–water partition coefficient (Wildman–Crippen LogP) is 3.16. The summed E-state index contributed by atoms with van der Waals surface area (Å²) in [7, 11) is 1.37. The second kappa shape index (κ2) is 12.1. The van der Waals surface area contributed by atoms with Crippen molar-refractivity contribution in [1.29, 1.82) is 0 Å². The molecule has 0 amide bonds. The number of esters is 1. The van der Waals surface area contributed by atoms with Crippen LogP contribution >= 0.6 is 0 Å². The molecule has 0 saturated heterocycles. The number of rotatable bonds is 9. The highest BCUT2D eigenvalue weighted by molar-refractivity contribution is 5.68. The third-order valence-electron chi connectivity index (χ3n) is 2.36. The molecule has 3 nitrogen and oxygen atoms in total. The zero-order chi connectivity index (χ0) is 13.6. The van der Waals surface area contributed by atoms with Crippen molar-refractivity contribution in [2.24, 2.45) is 0 Å². The molecule has 0 radical (unpaired) electrons. The zero-order valence-electron chi connectivity index (χ0n) is 11.3. The van der Waals surface area contributed by atoms with Gasteiger partial charge in [0.05, 0.1) is 13.2 Å². The number of hydrogen-bond acceptors (Lipinski definition) is 3. The van der Waals surface area contributed by atoms with E-state index in [1.165, 1.54) is 7.11 Å². The molecule has 0 spiro atoms. The Kier molecular flexibility index (Phi) is 11.2. The molecule has 0 aliphatic heterocycles.